The molecular weight excluding hydrogens is 519 g/mol. The Morgan fingerprint density at radius 2 is 1.75 bits per heavy atom. The van der Waals surface area contributed by atoms with Gasteiger partial charge < -0.3 is 25.0 Å². The standard InChI is InChI=1S/C24H32N4O3.HI/c1-25-23(29)16-18-12-14-28(15-13-18)24(26-2)27-17-19-8-10-20(11-9-19)31-22-7-5-4-6-21(22)30-3;/h4-11,18H,12-17H2,1-3H3,(H,25,29)(H,26,27);1H. The average Bonchev–Trinajstić information content (AvgIpc) is 2.81. The van der Waals surface area contributed by atoms with Crippen molar-refractivity contribution in [3.8, 4) is 17.2 Å². The van der Waals surface area contributed by atoms with Crippen molar-refractivity contribution in [2.75, 3.05) is 34.3 Å². The number of aliphatic imine (C=N–C) groups is 1. The zero-order valence-electron chi connectivity index (χ0n) is 19.0. The minimum atomic E-state index is 0. The van der Waals surface area contributed by atoms with Gasteiger partial charge in [0.15, 0.2) is 17.5 Å². The van der Waals surface area contributed by atoms with Crippen LogP contribution in [0.15, 0.2) is 53.5 Å². The largest absolute Gasteiger partial charge is 0.493 e. The lowest BCUT2D eigenvalue weighted by molar-refractivity contribution is -0.121. The van der Waals surface area contributed by atoms with E-state index in [0.29, 0.717) is 30.4 Å². The van der Waals surface area contributed by atoms with E-state index in [1.54, 1.807) is 14.2 Å². The Kier molecular flexibility index (Phi) is 10.6. The van der Waals surface area contributed by atoms with Crippen LogP contribution in [0.4, 0.5) is 0 Å². The third-order valence-corrected chi connectivity index (χ3v) is 5.55. The Balaban J connectivity index is 0.00000363. The number of carbonyl (C=O) groups is 1. The molecule has 2 N–H and O–H groups in total. The highest BCUT2D eigenvalue weighted by molar-refractivity contribution is 14.0. The second kappa shape index (κ2) is 13.1. The van der Waals surface area contributed by atoms with Crippen molar-refractivity contribution in [3.63, 3.8) is 0 Å². The number of methoxy groups -OCH3 is 1. The van der Waals surface area contributed by atoms with Crippen molar-refractivity contribution < 1.29 is 14.3 Å². The van der Waals surface area contributed by atoms with Crippen molar-refractivity contribution in [1.82, 2.24) is 15.5 Å². The summed E-state index contributed by atoms with van der Waals surface area (Å²) in [6, 6.07) is 15.6. The molecule has 0 aliphatic carbocycles. The zero-order chi connectivity index (χ0) is 22.1. The SMILES string of the molecule is CN=C(NCc1ccc(Oc2ccccc2OC)cc1)N1CCC(CC(=O)NC)CC1.I. The van der Waals surface area contributed by atoms with Gasteiger partial charge in [-0.3, -0.25) is 9.79 Å². The first-order valence-electron chi connectivity index (χ1n) is 10.7. The van der Waals surface area contributed by atoms with Crippen LogP contribution in [0.25, 0.3) is 0 Å². The number of hydrogen-bond donors (Lipinski definition) is 2. The summed E-state index contributed by atoms with van der Waals surface area (Å²) in [7, 11) is 5.14. The normalized spacial score (nSPS) is 14.3. The van der Waals surface area contributed by atoms with E-state index in [0.717, 1.165) is 43.2 Å². The molecule has 2 aromatic carbocycles. The summed E-state index contributed by atoms with van der Waals surface area (Å²) in [5.41, 5.74) is 1.14. The molecular formula is C24H33IN4O3. The van der Waals surface area contributed by atoms with Gasteiger partial charge in [-0.1, -0.05) is 24.3 Å². The summed E-state index contributed by atoms with van der Waals surface area (Å²) in [6.07, 6.45) is 2.62. The quantitative estimate of drug-likeness (QED) is 0.308. The van der Waals surface area contributed by atoms with Gasteiger partial charge in [-0.2, -0.15) is 0 Å². The minimum absolute atomic E-state index is 0. The molecule has 1 heterocycles. The first-order valence-corrected chi connectivity index (χ1v) is 10.7. The number of rotatable bonds is 7. The molecule has 1 aliphatic rings. The second-order valence-corrected chi connectivity index (χ2v) is 7.61. The molecule has 1 saturated heterocycles. The number of nitrogens with zero attached hydrogens (tertiary/aromatic N) is 2. The zero-order valence-corrected chi connectivity index (χ0v) is 21.3. The van der Waals surface area contributed by atoms with Crippen LogP contribution >= 0.6 is 24.0 Å². The molecule has 0 spiro atoms. The van der Waals surface area contributed by atoms with Crippen LogP contribution in [0.3, 0.4) is 0 Å². The monoisotopic (exact) mass is 552 g/mol. The fraction of sp³-hybridized carbons (Fsp3) is 0.417. The molecule has 174 valence electrons. The summed E-state index contributed by atoms with van der Waals surface area (Å²) in [6.45, 7) is 2.50. The molecule has 1 amide bonds. The highest BCUT2D eigenvalue weighted by atomic mass is 127. The van der Waals surface area contributed by atoms with Crippen LogP contribution in [0.1, 0.15) is 24.8 Å². The smallest absolute Gasteiger partial charge is 0.220 e. The third-order valence-electron chi connectivity index (χ3n) is 5.55. The van der Waals surface area contributed by atoms with Gasteiger partial charge in [-0.25, -0.2) is 0 Å². The highest BCUT2D eigenvalue weighted by Gasteiger charge is 2.23. The number of halogens is 1. The summed E-state index contributed by atoms with van der Waals surface area (Å²) >= 11 is 0. The Labute approximate surface area is 207 Å². The van der Waals surface area contributed by atoms with Crippen LogP contribution in [-0.4, -0.2) is 51.1 Å². The van der Waals surface area contributed by atoms with E-state index in [1.807, 2.05) is 55.6 Å². The van der Waals surface area contributed by atoms with E-state index in [2.05, 4.69) is 20.5 Å². The maximum Gasteiger partial charge on any atom is 0.220 e. The number of guanidine groups is 1. The number of piperidine rings is 1. The molecule has 7 nitrogen and oxygen atoms in total. The first kappa shape index (κ1) is 25.8. The van der Waals surface area contributed by atoms with E-state index in [1.165, 1.54) is 0 Å². The van der Waals surface area contributed by atoms with E-state index < -0.39 is 0 Å². The number of likely N-dealkylation sites (tertiary alicyclic amines) is 1. The van der Waals surface area contributed by atoms with Gasteiger partial charge in [-0.15, -0.1) is 24.0 Å². The molecule has 2 aromatic rings. The molecule has 8 heteroatoms. The second-order valence-electron chi connectivity index (χ2n) is 7.61. The van der Waals surface area contributed by atoms with E-state index >= 15 is 0 Å². The van der Waals surface area contributed by atoms with Crippen LogP contribution in [0, 0.1) is 5.92 Å². The molecule has 0 aromatic heterocycles. The number of para-hydroxylation sites is 2. The Morgan fingerprint density at radius 1 is 1.09 bits per heavy atom. The molecule has 0 unspecified atom stereocenters. The fourth-order valence-corrected chi connectivity index (χ4v) is 3.73. The summed E-state index contributed by atoms with van der Waals surface area (Å²) in [4.78, 5) is 18.3. The lowest BCUT2D eigenvalue weighted by atomic mass is 9.93. The number of ether oxygens (including phenoxy) is 2. The van der Waals surface area contributed by atoms with Gasteiger partial charge in [0.2, 0.25) is 5.91 Å². The van der Waals surface area contributed by atoms with Crippen LogP contribution in [-0.2, 0) is 11.3 Å². The Bertz CT molecular complexity index is 881. The molecule has 1 fully saturated rings. The first-order chi connectivity index (χ1) is 15.1. The third kappa shape index (κ3) is 7.29. The van der Waals surface area contributed by atoms with E-state index in [-0.39, 0.29) is 29.9 Å². The molecule has 0 atom stereocenters. The van der Waals surface area contributed by atoms with Crippen molar-refractivity contribution in [1.29, 1.82) is 0 Å². The van der Waals surface area contributed by atoms with Crippen molar-refractivity contribution >= 4 is 35.8 Å². The molecule has 32 heavy (non-hydrogen) atoms. The summed E-state index contributed by atoms with van der Waals surface area (Å²) in [5.74, 6) is 3.62. The van der Waals surface area contributed by atoms with Gasteiger partial charge in [0.1, 0.15) is 5.75 Å². The summed E-state index contributed by atoms with van der Waals surface area (Å²) < 4.78 is 11.3. The van der Waals surface area contributed by atoms with Crippen LogP contribution < -0.4 is 20.1 Å². The lowest BCUT2D eigenvalue weighted by Gasteiger charge is -2.34. The van der Waals surface area contributed by atoms with Crippen molar-refractivity contribution in [2.24, 2.45) is 10.9 Å². The number of nitrogens with one attached hydrogen (secondary N) is 2. The van der Waals surface area contributed by atoms with E-state index in [9.17, 15) is 4.79 Å². The molecule has 0 bridgehead atoms. The molecule has 1 aliphatic heterocycles. The van der Waals surface area contributed by atoms with Gasteiger partial charge in [0.05, 0.1) is 7.11 Å². The average molecular weight is 552 g/mol. The molecule has 0 radical (unpaired) electrons. The fourth-order valence-electron chi connectivity index (χ4n) is 3.73. The van der Waals surface area contributed by atoms with Crippen LogP contribution in [0.2, 0.25) is 0 Å². The van der Waals surface area contributed by atoms with Gasteiger partial charge in [0, 0.05) is 40.2 Å². The minimum Gasteiger partial charge on any atom is -0.493 e. The molecule has 3 rings (SSSR count). The highest BCUT2D eigenvalue weighted by Crippen LogP contribution is 2.30. The van der Waals surface area contributed by atoms with Gasteiger partial charge in [-0.05, 0) is 48.6 Å². The summed E-state index contributed by atoms with van der Waals surface area (Å²) in [5, 5.41) is 6.16. The number of amides is 1. The van der Waals surface area contributed by atoms with Crippen LogP contribution in [0.5, 0.6) is 17.2 Å². The number of benzene rings is 2. The van der Waals surface area contributed by atoms with Gasteiger partial charge >= 0.3 is 0 Å². The Morgan fingerprint density at radius 3 is 2.34 bits per heavy atom. The van der Waals surface area contributed by atoms with E-state index in [4.69, 9.17) is 9.47 Å². The maximum absolute atomic E-state index is 11.6. The topological polar surface area (TPSA) is 75.2 Å². The number of carbonyl (C=O) groups excluding carboxylic acids is 1. The van der Waals surface area contributed by atoms with Gasteiger partial charge in [0.25, 0.3) is 0 Å². The van der Waals surface area contributed by atoms with Crippen molar-refractivity contribution in [2.45, 2.75) is 25.8 Å². The predicted octanol–water partition coefficient (Wildman–Crippen LogP) is 4.03. The lowest BCUT2D eigenvalue weighted by Crippen LogP contribution is -2.45. The maximum atomic E-state index is 11.6. The molecule has 0 saturated carbocycles. The predicted molar refractivity (Wildman–Crippen MR) is 138 cm³/mol. The van der Waals surface area contributed by atoms with Crippen molar-refractivity contribution in [3.05, 3.63) is 54.1 Å². The Hall–Kier alpha value is -2.49. The number of hydrogen-bond acceptors (Lipinski definition) is 4.